The van der Waals surface area contributed by atoms with Gasteiger partial charge in [-0.1, -0.05) is 0 Å². The standard InChI is InChI=1S/C8H12F2N2O/c1-5(11-3)7-12-6(4-13-7)8(2,9)10/h4-5,11H,1-3H3. The lowest BCUT2D eigenvalue weighted by molar-refractivity contribution is 0.0126. The van der Waals surface area contributed by atoms with E-state index >= 15 is 0 Å². The van der Waals surface area contributed by atoms with Gasteiger partial charge in [0.15, 0.2) is 0 Å². The van der Waals surface area contributed by atoms with Crippen molar-refractivity contribution in [1.82, 2.24) is 10.3 Å². The second kappa shape index (κ2) is 3.41. The normalized spacial score (nSPS) is 14.5. The zero-order valence-electron chi connectivity index (χ0n) is 7.77. The van der Waals surface area contributed by atoms with E-state index in [0.29, 0.717) is 0 Å². The Hall–Kier alpha value is -0.970. The molecule has 1 rings (SSSR count). The van der Waals surface area contributed by atoms with Gasteiger partial charge in [-0.2, -0.15) is 8.78 Å². The molecular weight excluding hydrogens is 178 g/mol. The molecule has 0 aliphatic rings. The molecule has 0 spiro atoms. The third-order valence-corrected chi connectivity index (χ3v) is 1.78. The molecule has 0 bridgehead atoms. The van der Waals surface area contributed by atoms with Crippen LogP contribution in [-0.4, -0.2) is 12.0 Å². The lowest BCUT2D eigenvalue weighted by atomic mass is 10.3. The van der Waals surface area contributed by atoms with E-state index in [1.54, 1.807) is 14.0 Å². The van der Waals surface area contributed by atoms with Crippen LogP contribution >= 0.6 is 0 Å². The number of rotatable bonds is 3. The summed E-state index contributed by atoms with van der Waals surface area (Å²) in [4.78, 5) is 3.67. The first-order valence-electron chi connectivity index (χ1n) is 3.96. The van der Waals surface area contributed by atoms with Gasteiger partial charge in [-0.05, 0) is 14.0 Å². The summed E-state index contributed by atoms with van der Waals surface area (Å²) in [5.74, 6) is -2.66. The number of oxazole rings is 1. The Bertz CT molecular complexity index is 280. The van der Waals surface area contributed by atoms with Crippen molar-refractivity contribution in [3.05, 3.63) is 17.8 Å². The fourth-order valence-electron chi connectivity index (χ4n) is 0.812. The van der Waals surface area contributed by atoms with Crippen molar-refractivity contribution in [3.63, 3.8) is 0 Å². The third-order valence-electron chi connectivity index (χ3n) is 1.78. The molecule has 0 radical (unpaired) electrons. The van der Waals surface area contributed by atoms with Gasteiger partial charge in [0.1, 0.15) is 12.0 Å². The van der Waals surface area contributed by atoms with Crippen LogP contribution in [0.2, 0.25) is 0 Å². The molecule has 0 aliphatic heterocycles. The molecule has 0 aromatic carbocycles. The Balaban J connectivity index is 2.87. The molecule has 0 saturated carbocycles. The van der Waals surface area contributed by atoms with E-state index < -0.39 is 5.92 Å². The summed E-state index contributed by atoms with van der Waals surface area (Å²) in [5.41, 5.74) is -0.329. The van der Waals surface area contributed by atoms with E-state index in [1.807, 2.05) is 0 Å². The number of halogens is 2. The van der Waals surface area contributed by atoms with E-state index in [0.717, 1.165) is 13.2 Å². The van der Waals surface area contributed by atoms with Gasteiger partial charge in [0.25, 0.3) is 5.92 Å². The minimum absolute atomic E-state index is 0.156. The summed E-state index contributed by atoms with van der Waals surface area (Å²) in [7, 11) is 1.71. The molecule has 0 fully saturated rings. The van der Waals surface area contributed by atoms with Crippen LogP contribution in [0.15, 0.2) is 10.7 Å². The molecule has 1 N–H and O–H groups in total. The van der Waals surface area contributed by atoms with E-state index in [4.69, 9.17) is 4.42 Å². The van der Waals surface area contributed by atoms with Gasteiger partial charge in [-0.25, -0.2) is 4.98 Å². The highest BCUT2D eigenvalue weighted by Crippen LogP contribution is 2.26. The van der Waals surface area contributed by atoms with Crippen molar-refractivity contribution in [2.75, 3.05) is 7.05 Å². The zero-order valence-corrected chi connectivity index (χ0v) is 7.77. The summed E-state index contributed by atoms with van der Waals surface area (Å²) >= 11 is 0. The first kappa shape index (κ1) is 10.1. The lowest BCUT2D eigenvalue weighted by Gasteiger charge is -2.05. The van der Waals surface area contributed by atoms with Crippen molar-refractivity contribution in [3.8, 4) is 0 Å². The lowest BCUT2D eigenvalue weighted by Crippen LogP contribution is -2.14. The molecule has 5 heteroatoms. The molecule has 0 saturated heterocycles. The molecule has 0 amide bonds. The van der Waals surface area contributed by atoms with Crippen molar-refractivity contribution in [2.24, 2.45) is 0 Å². The first-order chi connectivity index (χ1) is 5.95. The van der Waals surface area contributed by atoms with Crippen LogP contribution in [-0.2, 0) is 5.92 Å². The van der Waals surface area contributed by atoms with Gasteiger partial charge in [-0.3, -0.25) is 0 Å². The van der Waals surface area contributed by atoms with E-state index in [9.17, 15) is 8.78 Å². The summed E-state index contributed by atoms with van der Waals surface area (Å²) in [5, 5.41) is 2.84. The van der Waals surface area contributed by atoms with Crippen LogP contribution in [0.4, 0.5) is 8.78 Å². The number of hydrogen-bond donors (Lipinski definition) is 1. The summed E-state index contributed by atoms with van der Waals surface area (Å²) < 4.78 is 30.3. The highest BCUT2D eigenvalue weighted by Gasteiger charge is 2.29. The maximum absolute atomic E-state index is 12.7. The SMILES string of the molecule is CNC(C)c1nc(C(C)(F)F)co1. The summed E-state index contributed by atoms with van der Waals surface area (Å²) in [6, 6.07) is -0.156. The molecule has 1 aromatic heterocycles. The molecule has 1 aromatic rings. The van der Waals surface area contributed by atoms with Crippen LogP contribution < -0.4 is 5.32 Å². The minimum Gasteiger partial charge on any atom is -0.447 e. The maximum Gasteiger partial charge on any atom is 0.290 e. The van der Waals surface area contributed by atoms with Crippen molar-refractivity contribution in [2.45, 2.75) is 25.8 Å². The fraction of sp³-hybridized carbons (Fsp3) is 0.625. The molecular formula is C8H12F2N2O. The predicted octanol–water partition coefficient (Wildman–Crippen LogP) is 2.07. The predicted molar refractivity (Wildman–Crippen MR) is 43.5 cm³/mol. The Morgan fingerprint density at radius 2 is 2.23 bits per heavy atom. The van der Waals surface area contributed by atoms with Crippen molar-refractivity contribution >= 4 is 0 Å². The molecule has 1 heterocycles. The Kier molecular flexibility index (Phi) is 2.66. The van der Waals surface area contributed by atoms with Crippen LogP contribution in [0, 0.1) is 0 Å². The third kappa shape index (κ3) is 2.24. The van der Waals surface area contributed by atoms with Gasteiger partial charge in [-0.15, -0.1) is 0 Å². The smallest absolute Gasteiger partial charge is 0.290 e. The fourth-order valence-corrected chi connectivity index (χ4v) is 0.812. The largest absolute Gasteiger partial charge is 0.447 e. The average molecular weight is 190 g/mol. The Morgan fingerprint density at radius 1 is 1.62 bits per heavy atom. The molecule has 74 valence electrons. The molecule has 0 aliphatic carbocycles. The van der Waals surface area contributed by atoms with Gasteiger partial charge in [0.05, 0.1) is 6.04 Å². The average Bonchev–Trinajstić information content (AvgIpc) is 2.50. The van der Waals surface area contributed by atoms with E-state index in [-0.39, 0.29) is 17.6 Å². The molecule has 13 heavy (non-hydrogen) atoms. The Labute approximate surface area is 75.2 Å². The summed E-state index contributed by atoms with van der Waals surface area (Å²) in [6.07, 6.45) is 0.989. The zero-order chi connectivity index (χ0) is 10.1. The number of nitrogens with one attached hydrogen (secondary N) is 1. The van der Waals surface area contributed by atoms with Crippen molar-refractivity contribution in [1.29, 1.82) is 0 Å². The van der Waals surface area contributed by atoms with Crippen LogP contribution in [0.25, 0.3) is 0 Å². The van der Waals surface area contributed by atoms with Crippen LogP contribution in [0.1, 0.15) is 31.5 Å². The highest BCUT2D eigenvalue weighted by molar-refractivity contribution is 5.04. The Morgan fingerprint density at radius 3 is 2.62 bits per heavy atom. The molecule has 1 unspecified atom stereocenters. The number of hydrogen-bond acceptors (Lipinski definition) is 3. The highest BCUT2D eigenvalue weighted by atomic mass is 19.3. The number of nitrogens with zero attached hydrogens (tertiary/aromatic N) is 1. The summed E-state index contributed by atoms with van der Waals surface area (Å²) in [6.45, 7) is 2.57. The van der Waals surface area contributed by atoms with E-state index in [2.05, 4.69) is 10.3 Å². The van der Waals surface area contributed by atoms with Crippen molar-refractivity contribution < 1.29 is 13.2 Å². The van der Waals surface area contributed by atoms with Gasteiger partial charge in [0.2, 0.25) is 5.89 Å². The van der Waals surface area contributed by atoms with Crippen LogP contribution in [0.5, 0.6) is 0 Å². The maximum atomic E-state index is 12.7. The monoisotopic (exact) mass is 190 g/mol. The first-order valence-corrected chi connectivity index (χ1v) is 3.96. The number of alkyl halides is 2. The second-order valence-electron chi connectivity index (χ2n) is 2.97. The second-order valence-corrected chi connectivity index (χ2v) is 2.97. The quantitative estimate of drug-likeness (QED) is 0.792. The van der Waals surface area contributed by atoms with Gasteiger partial charge < -0.3 is 9.73 Å². The number of aromatic nitrogens is 1. The molecule has 3 nitrogen and oxygen atoms in total. The topological polar surface area (TPSA) is 38.1 Å². The van der Waals surface area contributed by atoms with Gasteiger partial charge in [0, 0.05) is 6.92 Å². The van der Waals surface area contributed by atoms with Crippen LogP contribution in [0.3, 0.4) is 0 Å². The molecule has 1 atom stereocenters. The van der Waals surface area contributed by atoms with Gasteiger partial charge >= 0.3 is 0 Å². The van der Waals surface area contributed by atoms with E-state index in [1.165, 1.54) is 0 Å². The minimum atomic E-state index is -2.94.